The Labute approximate surface area is 108 Å². The fourth-order valence-electron chi connectivity index (χ4n) is 2.49. The molecule has 17 heavy (non-hydrogen) atoms. The van der Waals surface area contributed by atoms with Gasteiger partial charge in [0.05, 0.1) is 0 Å². The van der Waals surface area contributed by atoms with E-state index in [2.05, 4.69) is 0 Å². The lowest BCUT2D eigenvalue weighted by molar-refractivity contribution is -0.0183. The third-order valence-electron chi connectivity index (χ3n) is 3.49. The van der Waals surface area contributed by atoms with Crippen molar-refractivity contribution in [3.63, 3.8) is 0 Å². The van der Waals surface area contributed by atoms with Gasteiger partial charge in [-0.15, -0.1) is 0 Å². The Morgan fingerprint density at radius 2 is 1.76 bits per heavy atom. The summed E-state index contributed by atoms with van der Waals surface area (Å²) in [6.45, 7) is 9.18. The average molecular weight is 261 g/mol. The van der Waals surface area contributed by atoms with E-state index in [0.29, 0.717) is 5.41 Å². The lowest BCUT2D eigenvalue weighted by Crippen LogP contribution is -2.57. The first-order valence-electron chi connectivity index (χ1n) is 6.18. The molecule has 0 aromatic heterocycles. The first kappa shape index (κ1) is 13.0. The van der Waals surface area contributed by atoms with E-state index in [1.54, 1.807) is 0 Å². The molecule has 2 heterocycles. The SMILES string of the molecule is CC(C)(C)OC(=O)N1CCC2(CC1)CN(Cl)C2. The van der Waals surface area contributed by atoms with Gasteiger partial charge in [-0.05, 0) is 45.4 Å². The number of ether oxygens (including phenoxy) is 1. The van der Waals surface area contributed by atoms with Crippen LogP contribution in [0.25, 0.3) is 0 Å². The molecule has 2 rings (SSSR count). The molecule has 5 heteroatoms. The second-order valence-corrected chi connectivity index (χ2v) is 6.72. The Balaban J connectivity index is 1.81. The molecule has 0 radical (unpaired) electrons. The highest BCUT2D eigenvalue weighted by molar-refractivity contribution is 6.13. The molecule has 0 aromatic carbocycles. The Kier molecular flexibility index (Phi) is 3.29. The fourth-order valence-corrected chi connectivity index (χ4v) is 3.00. The Hall–Kier alpha value is -0.480. The zero-order valence-electron chi connectivity index (χ0n) is 10.8. The molecule has 4 nitrogen and oxygen atoms in total. The molecule has 0 aliphatic carbocycles. The largest absolute Gasteiger partial charge is 0.444 e. The highest BCUT2D eigenvalue weighted by Gasteiger charge is 2.45. The highest BCUT2D eigenvalue weighted by atomic mass is 35.5. The Morgan fingerprint density at radius 3 is 2.18 bits per heavy atom. The summed E-state index contributed by atoms with van der Waals surface area (Å²) in [5.74, 6) is 0. The monoisotopic (exact) mass is 260 g/mol. The van der Waals surface area contributed by atoms with Gasteiger partial charge in [0, 0.05) is 31.6 Å². The van der Waals surface area contributed by atoms with Gasteiger partial charge in [0.25, 0.3) is 0 Å². The van der Waals surface area contributed by atoms with Crippen LogP contribution >= 0.6 is 11.8 Å². The molecule has 0 unspecified atom stereocenters. The average Bonchev–Trinajstić information content (AvgIpc) is 2.14. The summed E-state index contributed by atoms with van der Waals surface area (Å²) in [6.07, 6.45) is 1.89. The zero-order chi connectivity index (χ0) is 12.7. The highest BCUT2D eigenvalue weighted by Crippen LogP contribution is 2.41. The molecule has 98 valence electrons. The molecular formula is C12H21ClN2O2. The number of likely N-dealkylation sites (tertiary alicyclic amines) is 1. The predicted octanol–water partition coefficient (Wildman–Crippen LogP) is 2.47. The van der Waals surface area contributed by atoms with Crippen LogP contribution in [0.3, 0.4) is 0 Å². The molecule has 1 amide bonds. The molecule has 2 aliphatic heterocycles. The number of nitrogens with zero attached hydrogens (tertiary/aromatic N) is 2. The second-order valence-electron chi connectivity index (χ2n) is 6.25. The first-order chi connectivity index (χ1) is 7.80. The minimum absolute atomic E-state index is 0.186. The number of halogens is 1. The van der Waals surface area contributed by atoms with Crippen molar-refractivity contribution in [2.75, 3.05) is 26.2 Å². The molecule has 1 spiro atoms. The normalized spacial score (nSPS) is 24.6. The summed E-state index contributed by atoms with van der Waals surface area (Å²) < 4.78 is 7.19. The van der Waals surface area contributed by atoms with Crippen molar-refractivity contribution in [1.29, 1.82) is 0 Å². The van der Waals surface area contributed by atoms with E-state index in [4.69, 9.17) is 16.5 Å². The van der Waals surface area contributed by atoms with Crippen molar-refractivity contribution >= 4 is 17.9 Å². The summed E-state index contributed by atoms with van der Waals surface area (Å²) in [4.78, 5) is 13.7. The molecule has 2 fully saturated rings. The van der Waals surface area contributed by atoms with Crippen LogP contribution in [0.2, 0.25) is 0 Å². The molecule has 0 atom stereocenters. The van der Waals surface area contributed by atoms with Crippen LogP contribution in [0.1, 0.15) is 33.6 Å². The van der Waals surface area contributed by atoms with E-state index in [0.717, 1.165) is 39.0 Å². The van der Waals surface area contributed by atoms with Crippen molar-refractivity contribution in [2.45, 2.75) is 39.2 Å². The second kappa shape index (κ2) is 4.32. The van der Waals surface area contributed by atoms with Crippen LogP contribution < -0.4 is 0 Å². The van der Waals surface area contributed by atoms with Gasteiger partial charge in [0.1, 0.15) is 5.60 Å². The maximum absolute atomic E-state index is 11.9. The zero-order valence-corrected chi connectivity index (χ0v) is 11.6. The van der Waals surface area contributed by atoms with Crippen molar-refractivity contribution in [3.8, 4) is 0 Å². The standard InChI is InChI=1S/C12H21ClN2O2/c1-11(2,3)17-10(16)14-6-4-12(5-7-14)8-15(13)9-12/h4-9H2,1-3H3. The van der Waals surface area contributed by atoms with Gasteiger partial charge in [0.15, 0.2) is 0 Å². The molecule has 0 aromatic rings. The number of carbonyl (C=O) groups is 1. The Morgan fingerprint density at radius 1 is 1.24 bits per heavy atom. The van der Waals surface area contributed by atoms with E-state index in [-0.39, 0.29) is 6.09 Å². The molecular weight excluding hydrogens is 240 g/mol. The van der Waals surface area contributed by atoms with Gasteiger partial charge in [-0.3, -0.25) is 0 Å². The van der Waals surface area contributed by atoms with Gasteiger partial charge < -0.3 is 9.64 Å². The Bertz CT molecular complexity index is 298. The maximum atomic E-state index is 11.9. The quantitative estimate of drug-likeness (QED) is 0.628. The van der Waals surface area contributed by atoms with E-state index in [1.165, 1.54) is 0 Å². The van der Waals surface area contributed by atoms with E-state index in [1.807, 2.05) is 30.1 Å². The van der Waals surface area contributed by atoms with E-state index in [9.17, 15) is 4.79 Å². The third kappa shape index (κ3) is 3.05. The number of rotatable bonds is 0. The summed E-state index contributed by atoms with van der Waals surface area (Å²) in [7, 11) is 0. The van der Waals surface area contributed by atoms with Gasteiger partial charge >= 0.3 is 6.09 Å². The van der Waals surface area contributed by atoms with Crippen molar-refractivity contribution in [3.05, 3.63) is 0 Å². The molecule has 0 saturated carbocycles. The van der Waals surface area contributed by atoms with Crippen LogP contribution in [0.5, 0.6) is 0 Å². The van der Waals surface area contributed by atoms with Crippen LogP contribution in [0, 0.1) is 5.41 Å². The van der Waals surface area contributed by atoms with Gasteiger partial charge in [-0.2, -0.15) is 0 Å². The lowest BCUT2D eigenvalue weighted by Gasteiger charge is -2.51. The minimum Gasteiger partial charge on any atom is -0.444 e. The molecule has 0 bridgehead atoms. The summed E-state index contributed by atoms with van der Waals surface area (Å²) in [6, 6.07) is 0. The minimum atomic E-state index is -0.407. The topological polar surface area (TPSA) is 32.8 Å². The van der Waals surface area contributed by atoms with Gasteiger partial charge in [-0.1, -0.05) is 0 Å². The van der Waals surface area contributed by atoms with Crippen LogP contribution in [0.15, 0.2) is 0 Å². The number of piperidine rings is 1. The number of carbonyl (C=O) groups excluding carboxylic acids is 1. The van der Waals surface area contributed by atoms with Gasteiger partial charge in [0.2, 0.25) is 0 Å². The third-order valence-corrected chi connectivity index (χ3v) is 3.73. The smallest absolute Gasteiger partial charge is 0.410 e. The van der Waals surface area contributed by atoms with E-state index < -0.39 is 5.60 Å². The predicted molar refractivity (Wildman–Crippen MR) is 66.9 cm³/mol. The fraction of sp³-hybridized carbons (Fsp3) is 0.917. The van der Waals surface area contributed by atoms with Crippen molar-refractivity contribution in [2.24, 2.45) is 5.41 Å². The van der Waals surface area contributed by atoms with Crippen molar-refractivity contribution in [1.82, 2.24) is 9.32 Å². The summed E-state index contributed by atoms with van der Waals surface area (Å²) in [5.41, 5.74) is -0.0457. The van der Waals surface area contributed by atoms with Crippen molar-refractivity contribution < 1.29 is 9.53 Å². The van der Waals surface area contributed by atoms with E-state index >= 15 is 0 Å². The van der Waals surface area contributed by atoms with Gasteiger partial charge in [-0.25, -0.2) is 9.21 Å². The van der Waals surface area contributed by atoms with Crippen LogP contribution in [-0.4, -0.2) is 47.2 Å². The molecule has 2 aliphatic rings. The summed E-state index contributed by atoms with van der Waals surface area (Å²) >= 11 is 5.89. The number of amides is 1. The first-order valence-corrected chi connectivity index (χ1v) is 6.52. The van der Waals surface area contributed by atoms with Crippen LogP contribution in [-0.2, 0) is 4.74 Å². The van der Waals surface area contributed by atoms with Crippen LogP contribution in [0.4, 0.5) is 4.79 Å². The lowest BCUT2D eigenvalue weighted by atomic mass is 9.73. The maximum Gasteiger partial charge on any atom is 0.410 e. The molecule has 2 saturated heterocycles. The number of hydrogen-bond donors (Lipinski definition) is 0. The molecule has 0 N–H and O–H groups in total. The summed E-state index contributed by atoms with van der Waals surface area (Å²) in [5, 5.41) is 0. The number of hydrogen-bond acceptors (Lipinski definition) is 3.